The topological polar surface area (TPSA) is 76.7 Å². The summed E-state index contributed by atoms with van der Waals surface area (Å²) in [5.74, 6) is 1.06. The van der Waals surface area contributed by atoms with Crippen LogP contribution in [0.1, 0.15) is 5.56 Å². The molecule has 0 aromatic heterocycles. The Bertz CT molecular complexity index is 1080. The van der Waals surface area contributed by atoms with Crippen molar-refractivity contribution in [3.8, 4) is 11.5 Å². The third kappa shape index (κ3) is 6.92. The molecule has 0 spiro atoms. The molecule has 0 aliphatic heterocycles. The molecule has 2 amide bonds. The maximum atomic E-state index is 12.3. The number of amides is 2. The third-order valence-corrected chi connectivity index (χ3v) is 5.41. The maximum Gasteiger partial charge on any atom is 0.248 e. The van der Waals surface area contributed by atoms with Gasteiger partial charge in [0.2, 0.25) is 11.8 Å². The highest BCUT2D eigenvalue weighted by atomic mass is 32.2. The number of methoxy groups -OCH3 is 2. The van der Waals surface area contributed by atoms with E-state index in [0.717, 1.165) is 10.5 Å². The summed E-state index contributed by atoms with van der Waals surface area (Å²) in [6.07, 6.45) is 3.26. The summed E-state index contributed by atoms with van der Waals surface area (Å²) in [6.45, 7) is 0. The molecule has 3 aromatic carbocycles. The predicted molar refractivity (Wildman–Crippen MR) is 129 cm³/mol. The molecule has 6 nitrogen and oxygen atoms in total. The SMILES string of the molecule is COc1ccc(NC(=O)CSc2ccc(NC(=O)/C=C/c3ccccc3)cc2)c(OC)c1. The molecular weight excluding hydrogens is 424 g/mol. The van der Waals surface area contributed by atoms with Crippen molar-refractivity contribution in [2.24, 2.45) is 0 Å². The monoisotopic (exact) mass is 448 g/mol. The number of nitrogens with one attached hydrogen (secondary N) is 2. The van der Waals surface area contributed by atoms with Crippen molar-refractivity contribution in [1.29, 1.82) is 0 Å². The Morgan fingerprint density at radius 2 is 1.66 bits per heavy atom. The number of hydrogen-bond acceptors (Lipinski definition) is 5. The van der Waals surface area contributed by atoms with Crippen LogP contribution in [0.3, 0.4) is 0 Å². The van der Waals surface area contributed by atoms with Gasteiger partial charge in [-0.1, -0.05) is 30.3 Å². The van der Waals surface area contributed by atoms with E-state index in [4.69, 9.17) is 9.47 Å². The Kier molecular flexibility index (Phi) is 8.34. The Balaban J connectivity index is 1.49. The normalized spacial score (nSPS) is 10.6. The van der Waals surface area contributed by atoms with Gasteiger partial charge >= 0.3 is 0 Å². The second-order valence-corrected chi connectivity index (χ2v) is 7.71. The van der Waals surface area contributed by atoms with Gasteiger partial charge in [-0.15, -0.1) is 11.8 Å². The van der Waals surface area contributed by atoms with Crippen LogP contribution in [-0.4, -0.2) is 31.8 Å². The molecule has 164 valence electrons. The number of carbonyl (C=O) groups excluding carboxylic acids is 2. The highest BCUT2D eigenvalue weighted by Gasteiger charge is 2.09. The first kappa shape index (κ1) is 23.0. The fourth-order valence-electron chi connectivity index (χ4n) is 2.79. The largest absolute Gasteiger partial charge is 0.497 e. The van der Waals surface area contributed by atoms with E-state index in [0.29, 0.717) is 22.9 Å². The zero-order chi connectivity index (χ0) is 22.8. The van der Waals surface area contributed by atoms with Crippen molar-refractivity contribution in [1.82, 2.24) is 0 Å². The first-order chi connectivity index (χ1) is 15.6. The summed E-state index contributed by atoms with van der Waals surface area (Å²) in [5.41, 5.74) is 2.23. The number of carbonyl (C=O) groups is 2. The summed E-state index contributed by atoms with van der Waals surface area (Å²) in [5, 5.41) is 5.66. The van der Waals surface area contributed by atoms with Crippen LogP contribution in [0.25, 0.3) is 6.08 Å². The van der Waals surface area contributed by atoms with Gasteiger partial charge in [0.25, 0.3) is 0 Å². The van der Waals surface area contributed by atoms with E-state index < -0.39 is 0 Å². The lowest BCUT2D eigenvalue weighted by molar-refractivity contribution is -0.114. The molecule has 3 aromatic rings. The van der Waals surface area contributed by atoms with E-state index in [1.807, 2.05) is 42.5 Å². The van der Waals surface area contributed by atoms with E-state index in [9.17, 15) is 9.59 Å². The van der Waals surface area contributed by atoms with Crippen molar-refractivity contribution in [3.63, 3.8) is 0 Å². The van der Waals surface area contributed by atoms with Gasteiger partial charge in [-0.3, -0.25) is 9.59 Å². The average molecular weight is 449 g/mol. The lowest BCUT2D eigenvalue weighted by atomic mass is 10.2. The minimum Gasteiger partial charge on any atom is -0.497 e. The molecule has 0 aliphatic rings. The van der Waals surface area contributed by atoms with Gasteiger partial charge in [-0.25, -0.2) is 0 Å². The fourth-order valence-corrected chi connectivity index (χ4v) is 3.49. The Labute approximate surface area is 191 Å². The molecule has 0 heterocycles. The van der Waals surface area contributed by atoms with Gasteiger partial charge in [0, 0.05) is 22.7 Å². The molecule has 7 heteroatoms. The third-order valence-electron chi connectivity index (χ3n) is 4.40. The van der Waals surface area contributed by atoms with Crippen molar-refractivity contribution in [2.45, 2.75) is 4.90 Å². The zero-order valence-electron chi connectivity index (χ0n) is 17.8. The minimum absolute atomic E-state index is 0.151. The van der Waals surface area contributed by atoms with Crippen molar-refractivity contribution in [3.05, 3.63) is 84.4 Å². The van der Waals surface area contributed by atoms with Crippen LogP contribution < -0.4 is 20.1 Å². The van der Waals surface area contributed by atoms with Gasteiger partial charge in [0.1, 0.15) is 11.5 Å². The molecule has 32 heavy (non-hydrogen) atoms. The standard InChI is InChI=1S/C25H24N2O4S/c1-30-20-11-14-22(23(16-20)31-2)27-25(29)17-32-21-12-9-19(10-13-21)26-24(28)15-8-18-6-4-3-5-7-18/h3-16H,17H2,1-2H3,(H,26,28)(H,27,29)/b15-8+. The first-order valence-corrected chi connectivity index (χ1v) is 10.8. The number of benzene rings is 3. The molecule has 3 rings (SSSR count). The Hall–Kier alpha value is -3.71. The summed E-state index contributed by atoms with van der Waals surface area (Å²) in [4.78, 5) is 25.3. The number of thioether (sulfide) groups is 1. The number of anilines is 2. The quantitative estimate of drug-likeness (QED) is 0.352. The smallest absolute Gasteiger partial charge is 0.248 e. The molecule has 0 aliphatic carbocycles. The first-order valence-electron chi connectivity index (χ1n) is 9.86. The highest BCUT2D eigenvalue weighted by Crippen LogP contribution is 2.29. The van der Waals surface area contributed by atoms with E-state index in [1.165, 1.54) is 24.9 Å². The fraction of sp³-hybridized carbons (Fsp3) is 0.120. The molecule has 0 radical (unpaired) electrons. The van der Waals surface area contributed by atoms with Gasteiger partial charge in [-0.05, 0) is 48.0 Å². The average Bonchev–Trinajstić information content (AvgIpc) is 2.83. The van der Waals surface area contributed by atoms with Crippen LogP contribution in [0.4, 0.5) is 11.4 Å². The maximum absolute atomic E-state index is 12.3. The molecular formula is C25H24N2O4S. The van der Waals surface area contributed by atoms with Crippen LogP contribution >= 0.6 is 11.8 Å². The predicted octanol–water partition coefficient (Wildman–Crippen LogP) is 5.09. The molecule has 0 fully saturated rings. The van der Waals surface area contributed by atoms with Crippen LogP contribution in [0, 0.1) is 0 Å². The molecule has 2 N–H and O–H groups in total. The number of rotatable bonds is 9. The Morgan fingerprint density at radius 1 is 0.906 bits per heavy atom. The molecule has 0 saturated heterocycles. The van der Waals surface area contributed by atoms with E-state index in [-0.39, 0.29) is 17.6 Å². The van der Waals surface area contributed by atoms with Crippen LogP contribution in [0.15, 0.2) is 83.8 Å². The summed E-state index contributed by atoms with van der Waals surface area (Å²) in [7, 11) is 3.11. The van der Waals surface area contributed by atoms with Crippen molar-refractivity contribution < 1.29 is 19.1 Å². The van der Waals surface area contributed by atoms with Gasteiger partial charge < -0.3 is 20.1 Å². The summed E-state index contributed by atoms with van der Waals surface area (Å²) in [6, 6.07) is 22.2. The second-order valence-electron chi connectivity index (χ2n) is 6.66. The lowest BCUT2D eigenvalue weighted by Crippen LogP contribution is -2.14. The van der Waals surface area contributed by atoms with Crippen LogP contribution in [-0.2, 0) is 9.59 Å². The van der Waals surface area contributed by atoms with E-state index in [2.05, 4.69) is 10.6 Å². The lowest BCUT2D eigenvalue weighted by Gasteiger charge is -2.11. The van der Waals surface area contributed by atoms with E-state index >= 15 is 0 Å². The summed E-state index contributed by atoms with van der Waals surface area (Å²) < 4.78 is 10.5. The summed E-state index contributed by atoms with van der Waals surface area (Å²) >= 11 is 1.40. The number of hydrogen-bond donors (Lipinski definition) is 2. The van der Waals surface area contributed by atoms with Gasteiger partial charge in [-0.2, -0.15) is 0 Å². The Morgan fingerprint density at radius 3 is 2.34 bits per heavy atom. The van der Waals surface area contributed by atoms with Gasteiger partial charge in [0.15, 0.2) is 0 Å². The van der Waals surface area contributed by atoms with Crippen molar-refractivity contribution >= 4 is 41.0 Å². The molecule has 0 unspecified atom stereocenters. The number of ether oxygens (including phenoxy) is 2. The molecule has 0 bridgehead atoms. The second kappa shape index (κ2) is 11.6. The minimum atomic E-state index is -0.206. The van der Waals surface area contributed by atoms with Crippen molar-refractivity contribution in [2.75, 3.05) is 30.6 Å². The molecule has 0 saturated carbocycles. The van der Waals surface area contributed by atoms with Crippen LogP contribution in [0.5, 0.6) is 11.5 Å². The van der Waals surface area contributed by atoms with Crippen LogP contribution in [0.2, 0.25) is 0 Å². The highest BCUT2D eigenvalue weighted by molar-refractivity contribution is 8.00. The molecule has 0 atom stereocenters. The van der Waals surface area contributed by atoms with Gasteiger partial charge in [0.05, 0.1) is 25.7 Å². The zero-order valence-corrected chi connectivity index (χ0v) is 18.6. The van der Waals surface area contributed by atoms with E-state index in [1.54, 1.807) is 43.5 Å².